The van der Waals surface area contributed by atoms with Crippen LogP contribution in [0.3, 0.4) is 0 Å². The second kappa shape index (κ2) is 11.9. The number of hydrogen-bond acceptors (Lipinski definition) is 6. The van der Waals surface area contributed by atoms with Gasteiger partial charge in [0.1, 0.15) is 17.3 Å². The van der Waals surface area contributed by atoms with Crippen LogP contribution in [0.15, 0.2) is 0 Å². The number of carbonyl (C=O) groups excluding carboxylic acids is 4. The van der Waals surface area contributed by atoms with E-state index in [0.717, 1.165) is 0 Å². The van der Waals surface area contributed by atoms with E-state index in [-0.39, 0.29) is 55.4 Å². The minimum atomic E-state index is -0.480. The monoisotopic (exact) mass is 355 g/mol. The zero-order chi connectivity index (χ0) is 19.6. The first-order chi connectivity index (χ1) is 11.5. The van der Waals surface area contributed by atoms with Crippen LogP contribution >= 0.6 is 0 Å². The average molecular weight is 355 g/mol. The molecule has 0 fully saturated rings. The average Bonchev–Trinajstić information content (AvgIpc) is 2.45. The van der Waals surface area contributed by atoms with Crippen LogP contribution in [0.4, 0.5) is 0 Å². The highest BCUT2D eigenvalue weighted by Crippen LogP contribution is 2.03. The summed E-state index contributed by atoms with van der Waals surface area (Å²) in [4.78, 5) is 50.0. The normalized spacial score (nSPS) is 11.6. The van der Waals surface area contributed by atoms with Gasteiger partial charge in [-0.05, 0) is 13.3 Å². The first kappa shape index (κ1) is 23.4. The zero-order valence-corrected chi connectivity index (χ0v) is 16.2. The van der Waals surface area contributed by atoms with Gasteiger partial charge in [-0.15, -0.1) is 0 Å². The van der Waals surface area contributed by atoms with Crippen molar-refractivity contribution in [2.24, 2.45) is 17.6 Å². The molecular formula is C18H33N3O4. The van der Waals surface area contributed by atoms with Gasteiger partial charge in [0, 0.05) is 24.9 Å². The number of ketones is 3. The first-order valence-corrected chi connectivity index (χ1v) is 8.80. The Balaban J connectivity index is 4.64. The lowest BCUT2D eigenvalue weighted by molar-refractivity contribution is -0.125. The first-order valence-electron chi connectivity index (χ1n) is 8.80. The Labute approximate surface area is 150 Å². The number of primary amides is 1. The Kier molecular flexibility index (Phi) is 11.1. The summed E-state index contributed by atoms with van der Waals surface area (Å²) in [6.45, 7) is 10.5. The fourth-order valence-corrected chi connectivity index (χ4v) is 2.29. The van der Waals surface area contributed by atoms with Gasteiger partial charge in [0.15, 0.2) is 0 Å². The van der Waals surface area contributed by atoms with Gasteiger partial charge in [0.25, 0.3) is 0 Å². The van der Waals surface area contributed by atoms with Gasteiger partial charge in [-0.3, -0.25) is 29.0 Å². The molecule has 0 spiro atoms. The summed E-state index contributed by atoms with van der Waals surface area (Å²) in [6, 6.07) is 0. The van der Waals surface area contributed by atoms with Crippen molar-refractivity contribution < 1.29 is 19.2 Å². The lowest BCUT2D eigenvalue weighted by Crippen LogP contribution is -2.41. The van der Waals surface area contributed by atoms with Crippen molar-refractivity contribution in [1.82, 2.24) is 9.80 Å². The number of nitrogens with two attached hydrogens (primary N) is 1. The van der Waals surface area contributed by atoms with Gasteiger partial charge >= 0.3 is 0 Å². The van der Waals surface area contributed by atoms with Crippen molar-refractivity contribution in [2.75, 3.05) is 39.3 Å². The Bertz CT molecular complexity index is 433. The molecule has 0 aromatic heterocycles. The summed E-state index contributed by atoms with van der Waals surface area (Å²) in [5.74, 6) is -0.521. The van der Waals surface area contributed by atoms with Gasteiger partial charge < -0.3 is 5.73 Å². The molecule has 7 heteroatoms. The SMILES string of the molecule is CC(=O)CN(CCCN(CC(N)=O)CC(=O)C(C)C)CC(=O)C(C)C. The maximum Gasteiger partial charge on any atom is 0.231 e. The van der Waals surface area contributed by atoms with Crippen molar-refractivity contribution in [2.45, 2.75) is 41.0 Å². The minimum absolute atomic E-state index is 0.000494. The van der Waals surface area contributed by atoms with Crippen molar-refractivity contribution in [3.8, 4) is 0 Å². The summed E-state index contributed by atoms with van der Waals surface area (Å²) < 4.78 is 0. The van der Waals surface area contributed by atoms with Gasteiger partial charge in [-0.1, -0.05) is 27.7 Å². The molecule has 0 rings (SSSR count). The van der Waals surface area contributed by atoms with Crippen LogP contribution in [-0.4, -0.2) is 72.3 Å². The van der Waals surface area contributed by atoms with Crippen LogP contribution in [0.25, 0.3) is 0 Å². The molecule has 0 saturated heterocycles. The lowest BCUT2D eigenvalue weighted by Gasteiger charge is -2.24. The van der Waals surface area contributed by atoms with Crippen molar-refractivity contribution >= 4 is 23.3 Å². The molecule has 0 saturated carbocycles. The molecule has 0 aromatic carbocycles. The molecule has 2 N–H and O–H groups in total. The van der Waals surface area contributed by atoms with E-state index in [0.29, 0.717) is 19.5 Å². The Morgan fingerprint density at radius 3 is 1.48 bits per heavy atom. The highest BCUT2D eigenvalue weighted by atomic mass is 16.2. The number of hydrogen-bond donors (Lipinski definition) is 1. The summed E-state index contributed by atoms with van der Waals surface area (Å²) >= 11 is 0. The number of Topliss-reactive ketones (excluding diaryl/α,β-unsaturated/α-hetero) is 3. The van der Waals surface area contributed by atoms with Crippen LogP contribution in [0.2, 0.25) is 0 Å². The van der Waals surface area contributed by atoms with Gasteiger partial charge in [-0.2, -0.15) is 0 Å². The maximum absolute atomic E-state index is 11.9. The molecule has 0 heterocycles. The summed E-state index contributed by atoms with van der Waals surface area (Å²) in [5.41, 5.74) is 5.25. The van der Waals surface area contributed by atoms with E-state index in [1.807, 2.05) is 32.6 Å². The molecule has 0 radical (unpaired) electrons. The Morgan fingerprint density at radius 1 is 0.760 bits per heavy atom. The molecule has 0 aliphatic heterocycles. The van der Waals surface area contributed by atoms with Crippen LogP contribution in [0.1, 0.15) is 41.0 Å². The van der Waals surface area contributed by atoms with E-state index in [1.165, 1.54) is 6.92 Å². The highest BCUT2D eigenvalue weighted by molar-refractivity contribution is 5.84. The molecule has 0 aromatic rings. The van der Waals surface area contributed by atoms with E-state index >= 15 is 0 Å². The number of carbonyl (C=O) groups is 4. The topological polar surface area (TPSA) is 101 Å². The fraction of sp³-hybridized carbons (Fsp3) is 0.778. The predicted octanol–water partition coefficient (Wildman–Crippen LogP) is 0.505. The number of nitrogens with zero attached hydrogens (tertiary/aromatic N) is 2. The molecule has 0 aliphatic rings. The van der Waals surface area contributed by atoms with E-state index in [1.54, 1.807) is 4.90 Å². The van der Waals surface area contributed by atoms with Gasteiger partial charge in [0.2, 0.25) is 5.91 Å². The van der Waals surface area contributed by atoms with E-state index < -0.39 is 5.91 Å². The summed E-state index contributed by atoms with van der Waals surface area (Å²) in [5, 5.41) is 0. The van der Waals surface area contributed by atoms with Crippen molar-refractivity contribution in [3.05, 3.63) is 0 Å². The van der Waals surface area contributed by atoms with Gasteiger partial charge in [-0.25, -0.2) is 0 Å². The molecule has 25 heavy (non-hydrogen) atoms. The Hall–Kier alpha value is -1.60. The third-order valence-electron chi connectivity index (χ3n) is 3.82. The minimum Gasteiger partial charge on any atom is -0.369 e. The molecule has 0 atom stereocenters. The molecule has 1 amide bonds. The zero-order valence-electron chi connectivity index (χ0n) is 16.2. The molecular weight excluding hydrogens is 322 g/mol. The molecule has 0 bridgehead atoms. The molecule has 7 nitrogen and oxygen atoms in total. The molecule has 0 unspecified atom stereocenters. The maximum atomic E-state index is 11.9. The second-order valence-electron chi connectivity index (χ2n) is 7.19. The van der Waals surface area contributed by atoms with Crippen LogP contribution < -0.4 is 5.73 Å². The molecule has 144 valence electrons. The van der Waals surface area contributed by atoms with E-state index in [9.17, 15) is 19.2 Å². The fourth-order valence-electron chi connectivity index (χ4n) is 2.29. The number of amides is 1. The third kappa shape index (κ3) is 11.6. The summed E-state index contributed by atoms with van der Waals surface area (Å²) in [7, 11) is 0. The lowest BCUT2D eigenvalue weighted by atomic mass is 10.1. The predicted molar refractivity (Wildman–Crippen MR) is 97.1 cm³/mol. The van der Waals surface area contributed by atoms with Crippen molar-refractivity contribution in [1.29, 1.82) is 0 Å². The smallest absolute Gasteiger partial charge is 0.231 e. The van der Waals surface area contributed by atoms with E-state index in [2.05, 4.69) is 0 Å². The second-order valence-corrected chi connectivity index (χ2v) is 7.19. The molecule has 0 aliphatic carbocycles. The number of rotatable bonds is 14. The quantitative estimate of drug-likeness (QED) is 0.487. The largest absolute Gasteiger partial charge is 0.369 e. The van der Waals surface area contributed by atoms with Crippen LogP contribution in [-0.2, 0) is 19.2 Å². The Morgan fingerprint density at radius 2 is 1.16 bits per heavy atom. The third-order valence-corrected chi connectivity index (χ3v) is 3.82. The standard InChI is InChI=1S/C18H33N3O4/c1-13(2)16(23)10-20(9-15(5)22)7-6-8-21(12-18(19)25)11-17(24)14(3)4/h13-14H,6-12H2,1-5H3,(H2,19,25). The van der Waals surface area contributed by atoms with Crippen molar-refractivity contribution in [3.63, 3.8) is 0 Å². The highest BCUT2D eigenvalue weighted by Gasteiger charge is 2.18. The van der Waals surface area contributed by atoms with Crippen LogP contribution in [0.5, 0.6) is 0 Å². The van der Waals surface area contributed by atoms with Gasteiger partial charge in [0.05, 0.1) is 26.2 Å². The summed E-state index contributed by atoms with van der Waals surface area (Å²) in [6.07, 6.45) is 0.636. The van der Waals surface area contributed by atoms with E-state index in [4.69, 9.17) is 5.73 Å². The van der Waals surface area contributed by atoms with Crippen LogP contribution in [0, 0.1) is 11.8 Å².